The van der Waals surface area contributed by atoms with E-state index in [-0.39, 0.29) is 44.0 Å². The molecule has 8 heterocycles. The van der Waals surface area contributed by atoms with E-state index >= 15 is 0 Å². The number of ether oxygens (including phenoxy) is 2. The van der Waals surface area contributed by atoms with Gasteiger partial charge in [0.25, 0.3) is 0 Å². The highest BCUT2D eigenvalue weighted by molar-refractivity contribution is 5.97. The van der Waals surface area contributed by atoms with Crippen LogP contribution < -0.4 is 29.1 Å². The van der Waals surface area contributed by atoms with Crippen molar-refractivity contribution in [3.05, 3.63) is 95.3 Å². The molecule has 0 bridgehead atoms. The fourth-order valence-electron chi connectivity index (χ4n) is 13.1. The number of amides is 1. The van der Waals surface area contributed by atoms with Crippen LogP contribution in [-0.4, -0.2) is 160 Å². The number of phenolic OH excluding ortho intramolecular Hbond substituents is 2. The van der Waals surface area contributed by atoms with Crippen LogP contribution in [0.1, 0.15) is 95.2 Å². The molecule has 6 aromatic rings. The maximum atomic E-state index is 13.1. The highest BCUT2D eigenvalue weighted by Crippen LogP contribution is 2.39. The summed E-state index contributed by atoms with van der Waals surface area (Å²) in [4.78, 5) is 46.3. The summed E-state index contributed by atoms with van der Waals surface area (Å²) in [5.41, 5.74) is 6.01. The fraction of sp³-hybridized carbons (Fsp3) is 0.525. The lowest BCUT2D eigenvalue weighted by Crippen LogP contribution is -2.53. The van der Waals surface area contributed by atoms with Crippen molar-refractivity contribution in [1.82, 2.24) is 34.6 Å². The molecule has 0 spiro atoms. The molecule has 4 saturated heterocycles. The lowest BCUT2D eigenvalue weighted by molar-refractivity contribution is -0.185. The number of rotatable bonds is 12. The number of phenols is 2. The summed E-state index contributed by atoms with van der Waals surface area (Å²) in [7, 11) is 0. The average Bonchev–Trinajstić information content (AvgIpc) is 4.21. The van der Waals surface area contributed by atoms with Crippen molar-refractivity contribution in [2.45, 2.75) is 129 Å². The van der Waals surface area contributed by atoms with Crippen LogP contribution in [0, 0.1) is 0 Å². The Kier molecular flexibility index (Phi) is 16.3. The van der Waals surface area contributed by atoms with Gasteiger partial charge in [-0.05, 0) is 121 Å². The number of piperidine rings is 1. The number of likely N-dealkylation sites (tertiary alicyclic amines) is 2. The summed E-state index contributed by atoms with van der Waals surface area (Å²) < 4.78 is 51.8. The fourth-order valence-corrected chi connectivity index (χ4v) is 13.1. The maximum absolute atomic E-state index is 13.1. The van der Waals surface area contributed by atoms with Crippen molar-refractivity contribution in [2.75, 3.05) is 98.3 Å². The number of carbonyl (C=O) groups is 1. The number of fused-ring (bicyclic) bond motifs is 4. The van der Waals surface area contributed by atoms with Gasteiger partial charge in [0.05, 0.1) is 24.5 Å². The summed E-state index contributed by atoms with van der Waals surface area (Å²) in [5, 5.41) is 25.1. The molecule has 2 N–H and O–H groups in total. The van der Waals surface area contributed by atoms with Gasteiger partial charge >= 0.3 is 24.1 Å². The number of aromatic hydroxyl groups is 2. The van der Waals surface area contributed by atoms with E-state index in [1.165, 1.54) is 37.7 Å². The molecule has 2 aromatic heterocycles. The smallest absolute Gasteiger partial charge is 0.471 e. The first kappa shape index (κ1) is 55.1. The first-order valence-electron chi connectivity index (χ1n) is 29.0. The van der Waals surface area contributed by atoms with Crippen molar-refractivity contribution in [3.8, 4) is 23.5 Å². The van der Waals surface area contributed by atoms with E-state index in [9.17, 15) is 28.2 Å². The molecule has 16 nitrogen and oxygen atoms in total. The Morgan fingerprint density at radius 3 is 1.46 bits per heavy atom. The van der Waals surface area contributed by atoms with Crippen LogP contribution in [0.3, 0.4) is 0 Å². The maximum Gasteiger partial charge on any atom is 0.471 e. The van der Waals surface area contributed by atoms with Crippen molar-refractivity contribution in [3.63, 3.8) is 0 Å². The largest absolute Gasteiger partial charge is 0.508 e. The summed E-state index contributed by atoms with van der Waals surface area (Å²) in [6.45, 7) is 17.3. The molecular weight excluding hydrogens is 1020 g/mol. The molecule has 6 aliphatic heterocycles. The standard InChI is InChI=1S/C31H37F3N6O3.C30H39N5O2/c1-20(2)40-10-5-7-22(40)19-43-30-35-26-18-39(27-17-23(41)16-21-6-3-4-8-24(21)27)11-9-25(26)28(36-30)37-12-14-38(15-13-37)29(42)31(32,33)34;1-21(2)35-15-8-10-23(35)20-37-30-31-27-19-34(28-18-24(36)17-22-9-4-5-11-25(22)28)16-12-26(27)29(32-30)33-13-6-3-7-14-33/h3-4,6,8,16-17,20,22,41H,5,7,9-15,18-19H2,1-2H3;4-5,9,11,17-18,21,23,36H,3,6-8,10,12-16,19-20H2,1-2H3/t22-;23-/m00/s1. The van der Waals surface area contributed by atoms with E-state index < -0.39 is 12.1 Å². The summed E-state index contributed by atoms with van der Waals surface area (Å²) >= 11 is 0. The van der Waals surface area contributed by atoms with Crippen molar-refractivity contribution in [2.24, 2.45) is 0 Å². The third kappa shape index (κ3) is 11.9. The highest BCUT2D eigenvalue weighted by Gasteiger charge is 2.44. The number of anilines is 4. The second-order valence-electron chi connectivity index (χ2n) is 22.9. The van der Waals surface area contributed by atoms with Gasteiger partial charge in [-0.15, -0.1) is 0 Å². The lowest BCUT2D eigenvalue weighted by Gasteiger charge is -2.38. The van der Waals surface area contributed by atoms with Crippen LogP contribution in [-0.2, 0) is 30.7 Å². The number of halogens is 3. The molecule has 426 valence electrons. The summed E-state index contributed by atoms with van der Waals surface area (Å²) in [5.74, 6) is 0.413. The van der Waals surface area contributed by atoms with Crippen LogP contribution >= 0.6 is 0 Å². The van der Waals surface area contributed by atoms with Gasteiger partial charge in [-0.25, -0.2) is 0 Å². The third-order valence-electron chi connectivity index (χ3n) is 17.1. The van der Waals surface area contributed by atoms with Crippen molar-refractivity contribution >= 4 is 50.5 Å². The number of benzene rings is 4. The Labute approximate surface area is 467 Å². The second-order valence-corrected chi connectivity index (χ2v) is 22.9. The molecule has 6 aliphatic rings. The van der Waals surface area contributed by atoms with E-state index in [0.717, 1.165) is 113 Å². The summed E-state index contributed by atoms with van der Waals surface area (Å²) in [6.07, 6.45) is 4.85. The predicted molar refractivity (Wildman–Crippen MR) is 306 cm³/mol. The molecule has 4 fully saturated rings. The number of hydrogen-bond acceptors (Lipinski definition) is 15. The zero-order chi connectivity index (χ0) is 55.7. The van der Waals surface area contributed by atoms with E-state index in [0.29, 0.717) is 75.0 Å². The van der Waals surface area contributed by atoms with Gasteiger partial charge in [-0.3, -0.25) is 14.6 Å². The third-order valence-corrected chi connectivity index (χ3v) is 17.1. The van der Waals surface area contributed by atoms with Crippen LogP contribution in [0.5, 0.6) is 23.5 Å². The van der Waals surface area contributed by atoms with Gasteiger partial charge < -0.3 is 44.2 Å². The van der Waals surface area contributed by atoms with Crippen molar-refractivity contribution < 1.29 is 37.7 Å². The zero-order valence-corrected chi connectivity index (χ0v) is 46.7. The van der Waals surface area contributed by atoms with Gasteiger partial charge in [0.1, 0.15) is 36.3 Å². The predicted octanol–water partition coefficient (Wildman–Crippen LogP) is 9.50. The molecule has 19 heteroatoms. The van der Waals surface area contributed by atoms with Gasteiger partial charge in [0.15, 0.2) is 0 Å². The van der Waals surface area contributed by atoms with Crippen molar-refractivity contribution in [1.29, 1.82) is 0 Å². The monoisotopic (exact) mass is 1100 g/mol. The van der Waals surface area contributed by atoms with E-state index in [4.69, 9.17) is 29.4 Å². The second kappa shape index (κ2) is 23.7. The molecule has 1 amide bonds. The van der Waals surface area contributed by atoms with Gasteiger partial charge in [0, 0.05) is 122 Å². The molecule has 0 saturated carbocycles. The zero-order valence-electron chi connectivity index (χ0n) is 46.7. The Balaban J connectivity index is 0.000000171. The quantitative estimate of drug-likeness (QED) is 0.120. The van der Waals surface area contributed by atoms with E-state index in [2.05, 4.69) is 70.4 Å². The molecule has 0 aliphatic carbocycles. The number of nitrogens with zero attached hydrogens (tertiary/aromatic N) is 11. The lowest BCUT2D eigenvalue weighted by atomic mass is 10.0. The first-order valence-corrected chi connectivity index (χ1v) is 29.0. The summed E-state index contributed by atoms with van der Waals surface area (Å²) in [6, 6.07) is 25.8. The van der Waals surface area contributed by atoms with E-state index in [1.807, 2.05) is 47.4 Å². The topological polar surface area (TPSA) is 150 Å². The Hall–Kier alpha value is -6.86. The Bertz CT molecular complexity index is 3170. The van der Waals surface area contributed by atoms with Gasteiger partial charge in [-0.1, -0.05) is 48.5 Å². The Morgan fingerprint density at radius 1 is 0.562 bits per heavy atom. The highest BCUT2D eigenvalue weighted by atomic mass is 19.4. The molecule has 0 radical (unpaired) electrons. The molecule has 4 aromatic carbocycles. The number of piperazine rings is 1. The van der Waals surface area contributed by atoms with Crippen LogP contribution in [0.4, 0.5) is 36.2 Å². The van der Waals surface area contributed by atoms with E-state index in [1.54, 1.807) is 12.1 Å². The number of aromatic nitrogens is 4. The molecule has 2 atom stereocenters. The number of alkyl halides is 3. The minimum atomic E-state index is -4.89. The molecular formula is C61H76F3N11O5. The minimum absolute atomic E-state index is 0.0415. The average molecular weight is 1100 g/mol. The number of carbonyl (C=O) groups excluding carboxylic acids is 1. The van der Waals surface area contributed by atoms with Gasteiger partial charge in [-0.2, -0.15) is 33.1 Å². The number of hydrogen-bond donors (Lipinski definition) is 2. The van der Waals surface area contributed by atoms with Crippen LogP contribution in [0.2, 0.25) is 0 Å². The SMILES string of the molecule is CC(C)N1CCC[C@H]1COc1nc2c(c(N3CCCCC3)n1)CCN(c1cc(O)cc3ccccc13)C2.CC(C)N1CCC[C@H]1COc1nc2c(c(N3CCN(C(=O)C(F)(F)F)CC3)n1)CCN(c1cc(O)cc3ccccc13)C2. The molecule has 12 rings (SSSR count). The Morgan fingerprint density at radius 2 is 1.01 bits per heavy atom. The molecule has 0 unspecified atom stereocenters. The molecule has 80 heavy (non-hydrogen) atoms. The first-order chi connectivity index (χ1) is 38.6. The minimum Gasteiger partial charge on any atom is -0.508 e. The van der Waals surface area contributed by atoms with Crippen LogP contribution in [0.25, 0.3) is 21.5 Å². The normalized spacial score (nSPS) is 20.1. The van der Waals surface area contributed by atoms with Crippen LogP contribution in [0.15, 0.2) is 72.8 Å². The van der Waals surface area contributed by atoms with Gasteiger partial charge in [0.2, 0.25) is 0 Å².